The van der Waals surface area contributed by atoms with Crippen LogP contribution in [0.25, 0.3) is 11.0 Å². The fourth-order valence-corrected chi connectivity index (χ4v) is 4.12. The van der Waals surface area contributed by atoms with E-state index in [4.69, 9.17) is 11.6 Å². The number of carbonyl (C=O) groups excluding carboxylic acids is 1. The summed E-state index contributed by atoms with van der Waals surface area (Å²) in [7, 11) is 0. The fourth-order valence-electron chi connectivity index (χ4n) is 3.31. The average molecular weight is 496 g/mol. The quantitative estimate of drug-likeness (QED) is 0.523. The molecule has 1 saturated heterocycles. The first-order valence-electron chi connectivity index (χ1n) is 8.79. The first-order chi connectivity index (χ1) is 13.0. The molecule has 1 aliphatic heterocycles. The van der Waals surface area contributed by atoms with Crippen LogP contribution in [0.1, 0.15) is 5.56 Å². The van der Waals surface area contributed by atoms with E-state index in [1.807, 2.05) is 36.1 Å². The summed E-state index contributed by atoms with van der Waals surface area (Å²) in [6.45, 7) is 5.29. The number of hydrogen-bond donors (Lipinski definition) is 0. The number of aryl methyl sites for hydroxylation is 1. The number of halogens is 2. The summed E-state index contributed by atoms with van der Waals surface area (Å²) < 4.78 is 2.69. The van der Waals surface area contributed by atoms with Crippen LogP contribution in [0.4, 0.5) is 5.69 Å². The van der Waals surface area contributed by atoms with Crippen molar-refractivity contribution in [1.82, 2.24) is 19.7 Å². The first kappa shape index (κ1) is 18.5. The van der Waals surface area contributed by atoms with Gasteiger partial charge in [0, 0.05) is 43.1 Å². The number of carbonyl (C=O) groups is 1. The number of rotatable bonds is 3. The minimum absolute atomic E-state index is 0.0904. The van der Waals surface area contributed by atoms with Crippen LogP contribution in [-0.2, 0) is 11.3 Å². The van der Waals surface area contributed by atoms with Gasteiger partial charge in [0.15, 0.2) is 5.65 Å². The molecule has 140 valence electrons. The van der Waals surface area contributed by atoms with Crippen molar-refractivity contribution in [2.45, 2.75) is 13.5 Å². The van der Waals surface area contributed by atoms with Crippen molar-refractivity contribution in [2.24, 2.45) is 0 Å². The van der Waals surface area contributed by atoms with Crippen LogP contribution in [0, 0.1) is 10.6 Å². The normalized spacial score (nSPS) is 14.8. The molecular formula is C19H19ClIN5O. The second kappa shape index (κ2) is 7.63. The second-order valence-corrected chi connectivity index (χ2v) is 8.05. The molecule has 0 atom stereocenters. The van der Waals surface area contributed by atoms with Gasteiger partial charge in [0.25, 0.3) is 0 Å². The monoisotopic (exact) mass is 495 g/mol. The average Bonchev–Trinajstić information content (AvgIpc) is 3.00. The number of pyridine rings is 1. The van der Waals surface area contributed by atoms with Crippen molar-refractivity contribution in [1.29, 1.82) is 0 Å². The molecule has 1 aromatic carbocycles. The molecule has 1 fully saturated rings. The van der Waals surface area contributed by atoms with Gasteiger partial charge in [-0.05, 0) is 65.4 Å². The summed E-state index contributed by atoms with van der Waals surface area (Å²) in [5.41, 5.74) is 2.90. The number of anilines is 1. The molecule has 0 N–H and O–H groups in total. The molecule has 0 radical (unpaired) electrons. The van der Waals surface area contributed by atoms with E-state index in [1.165, 1.54) is 0 Å². The Labute approximate surface area is 176 Å². The Balaban J connectivity index is 1.41. The molecule has 4 rings (SSSR count). The Morgan fingerprint density at radius 1 is 1.22 bits per heavy atom. The second-order valence-electron chi connectivity index (χ2n) is 6.62. The molecule has 3 aromatic rings. The highest BCUT2D eigenvalue weighted by Gasteiger charge is 2.23. The molecule has 1 amide bonds. The molecule has 0 aliphatic carbocycles. The lowest BCUT2D eigenvalue weighted by Crippen LogP contribution is -2.49. The molecule has 6 nitrogen and oxygen atoms in total. The molecule has 0 unspecified atom stereocenters. The lowest BCUT2D eigenvalue weighted by molar-refractivity contribution is -0.132. The molecule has 0 spiro atoms. The summed E-state index contributed by atoms with van der Waals surface area (Å²) >= 11 is 8.34. The maximum Gasteiger partial charge on any atom is 0.244 e. The number of fused-ring (bicyclic) bond motifs is 1. The predicted octanol–water partition coefficient (Wildman–Crippen LogP) is 3.35. The van der Waals surface area contributed by atoms with Crippen LogP contribution >= 0.6 is 34.2 Å². The van der Waals surface area contributed by atoms with Crippen molar-refractivity contribution in [2.75, 3.05) is 31.1 Å². The summed E-state index contributed by atoms with van der Waals surface area (Å²) in [4.78, 5) is 21.2. The fraction of sp³-hybridized carbons (Fsp3) is 0.316. The third-order valence-electron chi connectivity index (χ3n) is 4.88. The van der Waals surface area contributed by atoms with Gasteiger partial charge in [0.2, 0.25) is 5.91 Å². The first-order valence-corrected chi connectivity index (χ1v) is 10.2. The van der Waals surface area contributed by atoms with Gasteiger partial charge >= 0.3 is 0 Å². The zero-order valence-corrected chi connectivity index (χ0v) is 17.8. The van der Waals surface area contributed by atoms with Gasteiger partial charge < -0.3 is 9.80 Å². The topological polar surface area (TPSA) is 54.3 Å². The Hall–Kier alpha value is -1.87. The minimum atomic E-state index is 0.0904. The van der Waals surface area contributed by atoms with E-state index >= 15 is 0 Å². The molecule has 3 heterocycles. The third kappa shape index (κ3) is 3.75. The van der Waals surface area contributed by atoms with Crippen LogP contribution in [-0.4, -0.2) is 51.8 Å². The van der Waals surface area contributed by atoms with Crippen molar-refractivity contribution in [3.63, 3.8) is 0 Å². The Morgan fingerprint density at radius 2 is 2.00 bits per heavy atom. The maximum absolute atomic E-state index is 12.7. The predicted molar refractivity (Wildman–Crippen MR) is 115 cm³/mol. The highest BCUT2D eigenvalue weighted by atomic mass is 127. The van der Waals surface area contributed by atoms with E-state index in [-0.39, 0.29) is 12.5 Å². The Bertz CT molecular complexity index is 997. The van der Waals surface area contributed by atoms with E-state index < -0.39 is 0 Å². The van der Waals surface area contributed by atoms with Crippen molar-refractivity contribution < 1.29 is 4.79 Å². The molecule has 0 bridgehead atoms. The largest absolute Gasteiger partial charge is 0.368 e. The molecule has 2 aromatic heterocycles. The number of hydrogen-bond acceptors (Lipinski definition) is 4. The Morgan fingerprint density at radius 3 is 2.70 bits per heavy atom. The van der Waals surface area contributed by atoms with Crippen LogP contribution in [0.2, 0.25) is 5.02 Å². The zero-order valence-electron chi connectivity index (χ0n) is 14.9. The molecule has 1 aliphatic rings. The van der Waals surface area contributed by atoms with Gasteiger partial charge in [-0.25, -0.2) is 9.67 Å². The summed E-state index contributed by atoms with van der Waals surface area (Å²) in [6.07, 6.45) is 1.72. The van der Waals surface area contributed by atoms with E-state index in [0.717, 1.165) is 38.4 Å². The van der Waals surface area contributed by atoms with Crippen LogP contribution in [0.5, 0.6) is 0 Å². The van der Waals surface area contributed by atoms with Gasteiger partial charge in [-0.2, -0.15) is 5.10 Å². The summed E-state index contributed by atoms with van der Waals surface area (Å²) in [5, 5.41) is 6.22. The SMILES string of the molecule is Cc1cc(N2CCN(C(=O)Cn3nc4ncccc4c3I)CC2)ccc1Cl. The highest BCUT2D eigenvalue weighted by molar-refractivity contribution is 14.1. The number of amides is 1. The molecule has 8 heteroatoms. The number of nitrogens with zero attached hydrogens (tertiary/aromatic N) is 5. The highest BCUT2D eigenvalue weighted by Crippen LogP contribution is 2.24. The van der Waals surface area contributed by atoms with Gasteiger partial charge in [-0.15, -0.1) is 0 Å². The van der Waals surface area contributed by atoms with Gasteiger partial charge in [-0.3, -0.25) is 4.79 Å². The van der Waals surface area contributed by atoms with E-state index in [2.05, 4.69) is 43.6 Å². The van der Waals surface area contributed by atoms with E-state index in [9.17, 15) is 4.79 Å². The lowest BCUT2D eigenvalue weighted by Gasteiger charge is -2.36. The van der Waals surface area contributed by atoms with Crippen molar-refractivity contribution >= 4 is 56.8 Å². The Kier molecular flexibility index (Phi) is 5.23. The molecular weight excluding hydrogens is 477 g/mol. The van der Waals surface area contributed by atoms with Crippen molar-refractivity contribution in [3.05, 3.63) is 50.8 Å². The lowest BCUT2D eigenvalue weighted by atomic mass is 10.2. The maximum atomic E-state index is 12.7. The van der Waals surface area contributed by atoms with Gasteiger partial charge in [0.05, 0.1) is 5.39 Å². The van der Waals surface area contributed by atoms with Crippen molar-refractivity contribution in [3.8, 4) is 0 Å². The van der Waals surface area contributed by atoms with E-state index in [0.29, 0.717) is 18.7 Å². The summed E-state index contributed by atoms with van der Waals surface area (Å²) in [6, 6.07) is 9.94. The van der Waals surface area contributed by atoms with E-state index in [1.54, 1.807) is 10.9 Å². The third-order valence-corrected chi connectivity index (χ3v) is 6.44. The number of piperazine rings is 1. The van der Waals surface area contributed by atoms with Gasteiger partial charge in [0.1, 0.15) is 10.2 Å². The minimum Gasteiger partial charge on any atom is -0.368 e. The van der Waals surface area contributed by atoms with Crippen LogP contribution < -0.4 is 4.90 Å². The van der Waals surface area contributed by atoms with Crippen LogP contribution in [0.15, 0.2) is 36.5 Å². The molecule has 0 saturated carbocycles. The van der Waals surface area contributed by atoms with Crippen LogP contribution in [0.3, 0.4) is 0 Å². The number of aromatic nitrogens is 3. The summed E-state index contributed by atoms with van der Waals surface area (Å²) in [5.74, 6) is 0.0904. The van der Waals surface area contributed by atoms with Gasteiger partial charge in [-0.1, -0.05) is 11.6 Å². The standard InChI is InChI=1S/C19H19ClIN5O/c1-13-11-14(4-5-16(13)20)24-7-9-25(10-8-24)17(27)12-26-18(21)15-3-2-6-22-19(15)23-26/h2-6,11H,7-10,12H2,1H3. The zero-order chi connectivity index (χ0) is 19.0. The number of benzene rings is 1. The smallest absolute Gasteiger partial charge is 0.244 e. The molecule has 27 heavy (non-hydrogen) atoms.